The third-order valence-electron chi connectivity index (χ3n) is 2.66. The van der Waals surface area contributed by atoms with Crippen LogP contribution in [0.5, 0.6) is 0 Å². The highest BCUT2D eigenvalue weighted by Gasteiger charge is 2.42. The Balaban J connectivity index is 2.47. The average molecular weight is 264 g/mol. The molecular formula is C10H16O8. The van der Waals surface area contributed by atoms with Gasteiger partial charge in [-0.1, -0.05) is 0 Å². The zero-order chi connectivity index (χ0) is 13.9. The number of aliphatic hydroxyl groups is 3. The van der Waals surface area contributed by atoms with E-state index in [1.165, 1.54) is 6.92 Å². The van der Waals surface area contributed by atoms with Gasteiger partial charge in [0.2, 0.25) is 0 Å². The first-order valence-corrected chi connectivity index (χ1v) is 5.40. The molecule has 4 N–H and O–H groups in total. The van der Waals surface area contributed by atoms with Gasteiger partial charge < -0.3 is 29.9 Å². The van der Waals surface area contributed by atoms with Crippen molar-refractivity contribution in [3.63, 3.8) is 0 Å². The molecule has 0 unspecified atom stereocenters. The quantitative estimate of drug-likeness (QED) is 0.334. The van der Waals surface area contributed by atoms with Crippen molar-refractivity contribution < 1.29 is 39.5 Å². The third-order valence-corrected chi connectivity index (χ3v) is 2.66. The first-order chi connectivity index (χ1) is 8.32. The second-order valence-electron chi connectivity index (χ2n) is 4.10. The van der Waals surface area contributed by atoms with E-state index >= 15 is 0 Å². The fourth-order valence-corrected chi connectivity index (χ4v) is 1.62. The number of carboxylic acid groups (broad SMARTS) is 1. The Morgan fingerprint density at radius 3 is 2.33 bits per heavy atom. The minimum atomic E-state index is -1.41. The smallest absolute Gasteiger partial charge is 0.317 e. The molecule has 8 heteroatoms. The zero-order valence-corrected chi connectivity index (χ0v) is 9.72. The maximum absolute atomic E-state index is 11.0. The van der Waals surface area contributed by atoms with Crippen LogP contribution < -0.4 is 0 Å². The predicted octanol–water partition coefficient (Wildman–Crippen LogP) is -2.13. The summed E-state index contributed by atoms with van der Waals surface area (Å²) >= 11 is 0. The Hall–Kier alpha value is -1.22. The van der Waals surface area contributed by atoms with Gasteiger partial charge in [-0.05, 0) is 6.92 Å². The molecule has 0 bridgehead atoms. The number of carbonyl (C=O) groups excluding carboxylic acids is 1. The van der Waals surface area contributed by atoms with Crippen LogP contribution in [-0.4, -0.2) is 69.5 Å². The SMILES string of the molecule is C[C@@H]1O[C@H](COC(=O)CC(=O)O)[C@@H](O)[C@H](O)[C@H]1O. The van der Waals surface area contributed by atoms with E-state index in [1.54, 1.807) is 0 Å². The van der Waals surface area contributed by atoms with Crippen molar-refractivity contribution >= 4 is 11.9 Å². The summed E-state index contributed by atoms with van der Waals surface area (Å²) in [5.74, 6) is -2.29. The number of esters is 1. The Bertz CT molecular complexity index is 317. The van der Waals surface area contributed by atoms with Crippen molar-refractivity contribution in [3.8, 4) is 0 Å². The molecule has 8 nitrogen and oxygen atoms in total. The van der Waals surface area contributed by atoms with Crippen LogP contribution in [0.15, 0.2) is 0 Å². The first kappa shape index (κ1) is 14.8. The lowest BCUT2D eigenvalue weighted by atomic mass is 9.96. The lowest BCUT2D eigenvalue weighted by Gasteiger charge is -2.38. The molecule has 1 aliphatic rings. The number of hydrogen-bond acceptors (Lipinski definition) is 7. The van der Waals surface area contributed by atoms with E-state index in [4.69, 9.17) is 9.84 Å². The first-order valence-electron chi connectivity index (χ1n) is 5.40. The fraction of sp³-hybridized carbons (Fsp3) is 0.800. The van der Waals surface area contributed by atoms with E-state index in [0.717, 1.165) is 0 Å². The summed E-state index contributed by atoms with van der Waals surface area (Å²) in [4.78, 5) is 21.2. The van der Waals surface area contributed by atoms with Crippen molar-refractivity contribution in [1.82, 2.24) is 0 Å². The maximum Gasteiger partial charge on any atom is 0.317 e. The van der Waals surface area contributed by atoms with Gasteiger partial charge in [-0.25, -0.2) is 0 Å². The van der Waals surface area contributed by atoms with E-state index in [2.05, 4.69) is 4.74 Å². The van der Waals surface area contributed by atoms with Crippen LogP contribution in [0.2, 0.25) is 0 Å². The topological polar surface area (TPSA) is 134 Å². The molecule has 0 saturated carbocycles. The summed E-state index contributed by atoms with van der Waals surface area (Å²) in [6.07, 6.45) is -6.57. The molecule has 0 spiro atoms. The van der Waals surface area contributed by atoms with E-state index in [-0.39, 0.29) is 6.61 Å². The molecule has 1 rings (SSSR count). The fourth-order valence-electron chi connectivity index (χ4n) is 1.62. The summed E-state index contributed by atoms with van der Waals surface area (Å²) in [5.41, 5.74) is 0. The van der Waals surface area contributed by atoms with Gasteiger partial charge >= 0.3 is 11.9 Å². The normalized spacial score (nSPS) is 36.1. The minimum absolute atomic E-state index is 0.387. The highest BCUT2D eigenvalue weighted by atomic mass is 16.6. The van der Waals surface area contributed by atoms with Crippen molar-refractivity contribution in [1.29, 1.82) is 0 Å². The van der Waals surface area contributed by atoms with E-state index < -0.39 is 48.9 Å². The minimum Gasteiger partial charge on any atom is -0.481 e. The standard InChI is InChI=1S/C10H16O8/c1-4-8(14)10(16)9(15)5(18-4)3-17-7(13)2-6(11)12/h4-5,8-10,14-16H,2-3H2,1H3,(H,11,12)/t4-,5+,8-,9+,10+/m0/s1. The van der Waals surface area contributed by atoms with Crippen LogP contribution in [0.1, 0.15) is 13.3 Å². The Morgan fingerprint density at radius 2 is 1.78 bits per heavy atom. The second-order valence-corrected chi connectivity index (χ2v) is 4.10. The number of ether oxygens (including phenoxy) is 2. The molecule has 0 aromatic carbocycles. The number of aliphatic carboxylic acids is 1. The number of aliphatic hydroxyl groups excluding tert-OH is 3. The maximum atomic E-state index is 11.0. The summed E-state index contributed by atoms with van der Waals surface area (Å²) in [5, 5.41) is 36.8. The molecule has 1 heterocycles. The lowest BCUT2D eigenvalue weighted by Crippen LogP contribution is -2.57. The summed E-state index contributed by atoms with van der Waals surface area (Å²) < 4.78 is 9.75. The van der Waals surface area contributed by atoms with Gasteiger partial charge in [0.1, 0.15) is 37.4 Å². The molecule has 1 aliphatic heterocycles. The molecule has 5 atom stereocenters. The van der Waals surface area contributed by atoms with Crippen LogP contribution in [0.3, 0.4) is 0 Å². The number of hydrogen-bond donors (Lipinski definition) is 4. The Kier molecular flexibility index (Phi) is 5.03. The van der Waals surface area contributed by atoms with Gasteiger partial charge in [-0.2, -0.15) is 0 Å². The predicted molar refractivity (Wildman–Crippen MR) is 55.6 cm³/mol. The molecule has 18 heavy (non-hydrogen) atoms. The van der Waals surface area contributed by atoms with Crippen LogP contribution in [0.4, 0.5) is 0 Å². The molecule has 0 aromatic rings. The summed E-state index contributed by atoms with van der Waals surface area (Å²) in [7, 11) is 0. The Morgan fingerprint density at radius 1 is 1.17 bits per heavy atom. The van der Waals surface area contributed by atoms with Crippen molar-refractivity contribution in [2.24, 2.45) is 0 Å². The van der Waals surface area contributed by atoms with Gasteiger partial charge in [-0.3, -0.25) is 9.59 Å². The highest BCUT2D eigenvalue weighted by molar-refractivity contribution is 5.90. The van der Waals surface area contributed by atoms with Crippen LogP contribution in [-0.2, 0) is 19.1 Å². The van der Waals surface area contributed by atoms with Gasteiger partial charge in [0.15, 0.2) is 0 Å². The molecule has 104 valence electrons. The highest BCUT2D eigenvalue weighted by Crippen LogP contribution is 2.21. The molecular weight excluding hydrogens is 248 g/mol. The van der Waals surface area contributed by atoms with Crippen molar-refractivity contribution in [3.05, 3.63) is 0 Å². The number of carbonyl (C=O) groups is 2. The van der Waals surface area contributed by atoms with Gasteiger partial charge in [0.25, 0.3) is 0 Å². The van der Waals surface area contributed by atoms with Crippen LogP contribution in [0.25, 0.3) is 0 Å². The largest absolute Gasteiger partial charge is 0.481 e. The van der Waals surface area contributed by atoms with Gasteiger partial charge in [0.05, 0.1) is 6.10 Å². The number of carboxylic acids is 1. The van der Waals surface area contributed by atoms with Crippen molar-refractivity contribution in [2.45, 2.75) is 43.9 Å². The molecule has 1 fully saturated rings. The molecule has 0 amide bonds. The van der Waals surface area contributed by atoms with Crippen LogP contribution >= 0.6 is 0 Å². The molecule has 0 aliphatic carbocycles. The molecule has 1 saturated heterocycles. The zero-order valence-electron chi connectivity index (χ0n) is 9.72. The summed E-state index contributed by atoms with van der Waals surface area (Å²) in [6, 6.07) is 0. The Labute approximate surface area is 103 Å². The molecule has 0 radical (unpaired) electrons. The molecule has 0 aromatic heterocycles. The van der Waals surface area contributed by atoms with Gasteiger partial charge in [0, 0.05) is 0 Å². The monoisotopic (exact) mass is 264 g/mol. The second kappa shape index (κ2) is 6.10. The lowest BCUT2D eigenvalue weighted by molar-refractivity contribution is -0.227. The van der Waals surface area contributed by atoms with E-state index in [1.807, 2.05) is 0 Å². The van der Waals surface area contributed by atoms with Crippen molar-refractivity contribution in [2.75, 3.05) is 6.61 Å². The summed E-state index contributed by atoms with van der Waals surface area (Å²) in [6.45, 7) is 1.10. The van der Waals surface area contributed by atoms with E-state index in [9.17, 15) is 24.9 Å². The third kappa shape index (κ3) is 3.64. The average Bonchev–Trinajstić information content (AvgIpc) is 2.28. The number of rotatable bonds is 4. The van der Waals surface area contributed by atoms with Gasteiger partial charge in [-0.15, -0.1) is 0 Å². The van der Waals surface area contributed by atoms with E-state index in [0.29, 0.717) is 0 Å². The van der Waals surface area contributed by atoms with Crippen LogP contribution in [0, 0.1) is 0 Å².